The highest BCUT2D eigenvalue weighted by atomic mass is 19.4. The highest BCUT2D eigenvalue weighted by Crippen LogP contribution is 2.24. The first-order valence-electron chi connectivity index (χ1n) is 4.50. The van der Waals surface area contributed by atoms with Crippen molar-refractivity contribution < 1.29 is 22.8 Å². The maximum absolute atomic E-state index is 12.2. The quantitative estimate of drug-likeness (QED) is 0.798. The molecule has 0 aromatic rings. The minimum Gasteiger partial charge on any atom is -0.364 e. The van der Waals surface area contributed by atoms with Gasteiger partial charge in [-0.1, -0.05) is 12.2 Å². The molecule has 1 heterocycles. The minimum absolute atomic E-state index is 0.0508. The van der Waals surface area contributed by atoms with Crippen molar-refractivity contribution in [1.29, 1.82) is 0 Å². The Balaban J connectivity index is 2.71. The Morgan fingerprint density at radius 3 is 2.75 bits per heavy atom. The van der Waals surface area contributed by atoms with E-state index in [2.05, 4.69) is 4.84 Å². The maximum Gasteiger partial charge on any atom is 0.416 e. The monoisotopic (exact) mass is 236 g/mol. The van der Waals surface area contributed by atoms with Crippen LogP contribution in [0.1, 0.15) is 6.92 Å². The Bertz CT molecular complexity index is 336. The summed E-state index contributed by atoms with van der Waals surface area (Å²) in [6.45, 7) is 0.909. The van der Waals surface area contributed by atoms with Gasteiger partial charge in [0.1, 0.15) is 5.70 Å². The van der Waals surface area contributed by atoms with Gasteiger partial charge in [-0.25, -0.2) is 5.06 Å². The standard InChI is InChI=1S/C9H11F3N2O2/c1-6(9(10,11)12)16-14-5-3-2-4-7(14)8(13)15/h2-4,6H,5H2,1H3,(H2,13,15). The average molecular weight is 236 g/mol. The average Bonchev–Trinajstić information content (AvgIpc) is 2.16. The van der Waals surface area contributed by atoms with Gasteiger partial charge in [-0.15, -0.1) is 0 Å². The van der Waals surface area contributed by atoms with Gasteiger partial charge in [-0.3, -0.25) is 9.63 Å². The fourth-order valence-corrected chi connectivity index (χ4v) is 1.05. The van der Waals surface area contributed by atoms with Crippen molar-refractivity contribution in [2.24, 2.45) is 5.73 Å². The van der Waals surface area contributed by atoms with E-state index in [1.165, 1.54) is 12.2 Å². The Hall–Kier alpha value is -1.50. The number of primary amides is 1. The van der Waals surface area contributed by atoms with Crippen LogP contribution in [0.3, 0.4) is 0 Å². The summed E-state index contributed by atoms with van der Waals surface area (Å²) in [5.41, 5.74) is 4.90. The fourth-order valence-electron chi connectivity index (χ4n) is 1.05. The van der Waals surface area contributed by atoms with Gasteiger partial charge in [0.15, 0.2) is 6.10 Å². The third kappa shape index (κ3) is 2.99. The minimum atomic E-state index is -4.48. The number of halogens is 3. The zero-order valence-electron chi connectivity index (χ0n) is 8.49. The number of carbonyl (C=O) groups excluding carboxylic acids is 1. The van der Waals surface area contributed by atoms with Crippen LogP contribution in [0.15, 0.2) is 23.9 Å². The van der Waals surface area contributed by atoms with Crippen LogP contribution in [0.25, 0.3) is 0 Å². The van der Waals surface area contributed by atoms with Gasteiger partial charge >= 0.3 is 6.18 Å². The van der Waals surface area contributed by atoms with Crippen LogP contribution in [-0.2, 0) is 9.63 Å². The lowest BCUT2D eigenvalue weighted by atomic mass is 10.3. The molecule has 0 saturated heterocycles. The molecule has 1 rings (SSSR count). The third-order valence-corrected chi connectivity index (χ3v) is 1.93. The fraction of sp³-hybridized carbons (Fsp3) is 0.444. The van der Waals surface area contributed by atoms with Crippen molar-refractivity contribution in [1.82, 2.24) is 5.06 Å². The van der Waals surface area contributed by atoms with Crippen LogP contribution in [0.4, 0.5) is 13.2 Å². The Morgan fingerprint density at radius 1 is 1.62 bits per heavy atom. The van der Waals surface area contributed by atoms with Crippen LogP contribution in [0.5, 0.6) is 0 Å². The van der Waals surface area contributed by atoms with Crippen molar-refractivity contribution >= 4 is 5.91 Å². The van der Waals surface area contributed by atoms with Gasteiger partial charge < -0.3 is 5.73 Å². The lowest BCUT2D eigenvalue weighted by Crippen LogP contribution is -2.40. The van der Waals surface area contributed by atoms with E-state index in [9.17, 15) is 18.0 Å². The van der Waals surface area contributed by atoms with Gasteiger partial charge in [-0.2, -0.15) is 13.2 Å². The van der Waals surface area contributed by atoms with E-state index in [0.717, 1.165) is 12.0 Å². The molecule has 1 amide bonds. The Kier molecular flexibility index (Phi) is 3.58. The SMILES string of the molecule is CC(ON1CC=CC=C1C(N)=O)C(F)(F)F. The molecule has 0 saturated carbocycles. The summed E-state index contributed by atoms with van der Waals surface area (Å²) in [4.78, 5) is 15.5. The molecule has 7 heteroatoms. The molecular weight excluding hydrogens is 225 g/mol. The van der Waals surface area contributed by atoms with Crippen LogP contribution in [-0.4, -0.2) is 29.8 Å². The molecule has 1 aliphatic heterocycles. The predicted octanol–water partition coefficient (Wildman–Crippen LogP) is 1.11. The summed E-state index contributed by atoms with van der Waals surface area (Å²) in [7, 11) is 0. The first kappa shape index (κ1) is 12.6. The molecule has 0 aromatic heterocycles. The number of nitrogens with zero attached hydrogens (tertiary/aromatic N) is 1. The van der Waals surface area contributed by atoms with E-state index in [0.29, 0.717) is 0 Å². The van der Waals surface area contributed by atoms with E-state index in [4.69, 9.17) is 5.73 Å². The normalized spacial score (nSPS) is 18.2. The van der Waals surface area contributed by atoms with E-state index in [1.807, 2.05) is 0 Å². The Morgan fingerprint density at radius 2 is 2.25 bits per heavy atom. The molecule has 0 fully saturated rings. The first-order valence-corrected chi connectivity index (χ1v) is 4.50. The second kappa shape index (κ2) is 4.56. The number of amides is 1. The molecule has 1 aliphatic rings. The molecule has 0 bridgehead atoms. The van der Waals surface area contributed by atoms with Crippen LogP contribution >= 0.6 is 0 Å². The van der Waals surface area contributed by atoms with Crippen molar-refractivity contribution in [3.05, 3.63) is 23.9 Å². The van der Waals surface area contributed by atoms with Crippen LogP contribution < -0.4 is 5.73 Å². The molecule has 90 valence electrons. The predicted molar refractivity (Wildman–Crippen MR) is 49.7 cm³/mol. The number of allylic oxidation sites excluding steroid dienone is 2. The summed E-state index contributed by atoms with van der Waals surface area (Å²) >= 11 is 0. The lowest BCUT2D eigenvalue weighted by Gasteiger charge is -2.29. The van der Waals surface area contributed by atoms with Gasteiger partial charge in [0, 0.05) is 0 Å². The molecule has 16 heavy (non-hydrogen) atoms. The lowest BCUT2D eigenvalue weighted by molar-refractivity contribution is -0.279. The Labute approximate surface area is 90.1 Å². The molecule has 0 aliphatic carbocycles. The van der Waals surface area contributed by atoms with E-state index < -0.39 is 18.2 Å². The van der Waals surface area contributed by atoms with Crippen molar-refractivity contribution in [3.8, 4) is 0 Å². The zero-order valence-corrected chi connectivity index (χ0v) is 8.49. The molecule has 4 nitrogen and oxygen atoms in total. The second-order valence-electron chi connectivity index (χ2n) is 3.19. The molecule has 0 radical (unpaired) electrons. The topological polar surface area (TPSA) is 55.6 Å². The maximum atomic E-state index is 12.2. The van der Waals surface area contributed by atoms with Crippen LogP contribution in [0, 0.1) is 0 Å². The number of hydrogen-bond donors (Lipinski definition) is 1. The highest BCUT2D eigenvalue weighted by molar-refractivity contribution is 5.91. The van der Waals surface area contributed by atoms with Gasteiger partial charge in [0.05, 0.1) is 6.54 Å². The van der Waals surface area contributed by atoms with E-state index in [-0.39, 0.29) is 12.2 Å². The molecule has 0 spiro atoms. The number of hydrogen-bond acceptors (Lipinski definition) is 3. The highest BCUT2D eigenvalue weighted by Gasteiger charge is 2.39. The summed E-state index contributed by atoms with van der Waals surface area (Å²) in [6, 6.07) is 0. The molecule has 0 aromatic carbocycles. The second-order valence-corrected chi connectivity index (χ2v) is 3.19. The van der Waals surface area contributed by atoms with Gasteiger partial charge in [0.2, 0.25) is 0 Å². The zero-order chi connectivity index (χ0) is 12.3. The van der Waals surface area contributed by atoms with E-state index >= 15 is 0 Å². The largest absolute Gasteiger partial charge is 0.416 e. The van der Waals surface area contributed by atoms with Gasteiger partial charge in [0.25, 0.3) is 5.91 Å². The summed E-state index contributed by atoms with van der Waals surface area (Å²) < 4.78 is 36.7. The number of alkyl halides is 3. The third-order valence-electron chi connectivity index (χ3n) is 1.93. The number of nitrogens with two attached hydrogens (primary N) is 1. The first-order chi connectivity index (χ1) is 7.32. The number of hydroxylamine groups is 2. The smallest absolute Gasteiger partial charge is 0.364 e. The van der Waals surface area contributed by atoms with Crippen LogP contribution in [0.2, 0.25) is 0 Å². The van der Waals surface area contributed by atoms with Gasteiger partial charge in [-0.05, 0) is 13.0 Å². The van der Waals surface area contributed by atoms with Crippen molar-refractivity contribution in [2.45, 2.75) is 19.2 Å². The molecular formula is C9H11F3N2O2. The number of carbonyl (C=O) groups is 1. The summed E-state index contributed by atoms with van der Waals surface area (Å²) in [5.74, 6) is -0.835. The van der Waals surface area contributed by atoms with E-state index in [1.54, 1.807) is 6.08 Å². The molecule has 1 atom stereocenters. The summed E-state index contributed by atoms with van der Waals surface area (Å²) in [6.07, 6.45) is -2.10. The molecule has 2 N–H and O–H groups in total. The number of rotatable bonds is 3. The summed E-state index contributed by atoms with van der Waals surface area (Å²) in [5, 5.41) is 0.834. The van der Waals surface area contributed by atoms with Crippen molar-refractivity contribution in [3.63, 3.8) is 0 Å². The molecule has 1 unspecified atom stereocenters. The van der Waals surface area contributed by atoms with Crippen molar-refractivity contribution in [2.75, 3.05) is 6.54 Å².